The minimum atomic E-state index is -1.34. The van der Waals surface area contributed by atoms with Crippen LogP contribution in [0.15, 0.2) is 51.4 Å². The maximum atomic E-state index is 9.48. The van der Waals surface area contributed by atoms with Crippen LogP contribution >= 0.6 is 0 Å². The van der Waals surface area contributed by atoms with E-state index in [1.165, 1.54) is 0 Å². The summed E-state index contributed by atoms with van der Waals surface area (Å²) < 4.78 is 16.5. The SMILES string of the molecule is COc1cc(-c2nc(-c3ccc4oc(C(N)(CO)CO)cc4c3)no2)ccc1C. The number of hydrogen-bond donors (Lipinski definition) is 3. The van der Waals surface area contributed by atoms with Crippen molar-refractivity contribution in [2.24, 2.45) is 5.73 Å². The van der Waals surface area contributed by atoms with E-state index in [0.717, 1.165) is 27.8 Å². The molecule has 0 spiro atoms. The number of aliphatic hydroxyl groups is 2. The first-order chi connectivity index (χ1) is 14.0. The maximum Gasteiger partial charge on any atom is 0.258 e. The fourth-order valence-corrected chi connectivity index (χ4v) is 3.04. The molecule has 2 aromatic heterocycles. The maximum absolute atomic E-state index is 9.48. The summed E-state index contributed by atoms with van der Waals surface area (Å²) in [4.78, 5) is 4.48. The molecule has 4 rings (SSSR count). The fourth-order valence-electron chi connectivity index (χ4n) is 3.04. The molecule has 8 nitrogen and oxygen atoms in total. The Balaban J connectivity index is 1.69. The minimum absolute atomic E-state index is 0.301. The van der Waals surface area contributed by atoms with E-state index in [9.17, 15) is 10.2 Å². The zero-order valence-corrected chi connectivity index (χ0v) is 16.0. The van der Waals surface area contributed by atoms with Crippen LogP contribution < -0.4 is 10.5 Å². The Bertz CT molecular complexity index is 1160. The van der Waals surface area contributed by atoms with Crippen LogP contribution in [0.5, 0.6) is 5.75 Å². The van der Waals surface area contributed by atoms with Gasteiger partial charge in [0.1, 0.15) is 22.6 Å². The van der Waals surface area contributed by atoms with Crippen LogP contribution in [0.2, 0.25) is 0 Å². The highest BCUT2D eigenvalue weighted by Gasteiger charge is 2.30. The second-order valence-corrected chi connectivity index (χ2v) is 6.94. The monoisotopic (exact) mass is 395 g/mol. The normalized spacial score (nSPS) is 11.9. The molecule has 0 unspecified atom stereocenters. The lowest BCUT2D eigenvalue weighted by molar-refractivity contribution is 0.105. The number of furan rings is 1. The average Bonchev–Trinajstić information content (AvgIpc) is 3.40. The van der Waals surface area contributed by atoms with Gasteiger partial charge in [0.25, 0.3) is 5.89 Å². The molecule has 2 heterocycles. The number of nitrogens with two attached hydrogens (primary N) is 1. The third-order valence-corrected chi connectivity index (χ3v) is 4.91. The van der Waals surface area contributed by atoms with Crippen molar-refractivity contribution in [2.75, 3.05) is 20.3 Å². The molecule has 4 N–H and O–H groups in total. The lowest BCUT2D eigenvalue weighted by Gasteiger charge is -2.21. The van der Waals surface area contributed by atoms with Crippen LogP contribution in [0.4, 0.5) is 0 Å². The van der Waals surface area contributed by atoms with Crippen LogP contribution in [0.25, 0.3) is 33.8 Å². The van der Waals surface area contributed by atoms with Crippen molar-refractivity contribution in [1.29, 1.82) is 0 Å². The third-order valence-electron chi connectivity index (χ3n) is 4.91. The number of fused-ring (bicyclic) bond motifs is 1. The van der Waals surface area contributed by atoms with E-state index in [-0.39, 0.29) is 0 Å². The quantitative estimate of drug-likeness (QED) is 0.454. The van der Waals surface area contributed by atoms with Crippen LogP contribution in [0, 0.1) is 6.92 Å². The highest BCUT2D eigenvalue weighted by molar-refractivity contribution is 5.83. The van der Waals surface area contributed by atoms with Gasteiger partial charge in [0.15, 0.2) is 0 Å². The molecular weight excluding hydrogens is 374 g/mol. The summed E-state index contributed by atoms with van der Waals surface area (Å²) >= 11 is 0. The van der Waals surface area contributed by atoms with Crippen molar-refractivity contribution >= 4 is 11.0 Å². The number of aromatic nitrogens is 2. The van der Waals surface area contributed by atoms with Crippen molar-refractivity contribution in [1.82, 2.24) is 10.1 Å². The predicted octanol–water partition coefficient (Wildman–Crippen LogP) is 2.61. The molecule has 0 aliphatic rings. The van der Waals surface area contributed by atoms with E-state index in [1.54, 1.807) is 25.3 Å². The zero-order chi connectivity index (χ0) is 20.6. The van der Waals surface area contributed by atoms with E-state index in [4.69, 9.17) is 19.4 Å². The number of nitrogens with zero attached hydrogens (tertiary/aromatic N) is 2. The molecule has 4 aromatic rings. The van der Waals surface area contributed by atoms with E-state index in [1.807, 2.05) is 31.2 Å². The Kier molecular flexibility index (Phi) is 4.83. The van der Waals surface area contributed by atoms with Gasteiger partial charge in [-0.25, -0.2) is 0 Å². The van der Waals surface area contributed by atoms with Crippen LogP contribution in [0.1, 0.15) is 11.3 Å². The Hall–Kier alpha value is -3.20. The van der Waals surface area contributed by atoms with Crippen molar-refractivity contribution in [3.8, 4) is 28.6 Å². The summed E-state index contributed by atoms with van der Waals surface area (Å²) in [5.41, 5.74) is 7.73. The largest absolute Gasteiger partial charge is 0.496 e. The fraction of sp³-hybridized carbons (Fsp3) is 0.238. The van der Waals surface area contributed by atoms with Crippen molar-refractivity contribution < 1.29 is 23.9 Å². The molecule has 0 amide bonds. The number of hydrogen-bond acceptors (Lipinski definition) is 8. The molecule has 0 saturated heterocycles. The van der Waals surface area contributed by atoms with Gasteiger partial charge in [-0.05, 0) is 48.9 Å². The average molecular weight is 395 g/mol. The third kappa shape index (κ3) is 3.38. The molecule has 29 heavy (non-hydrogen) atoms. The van der Waals surface area contributed by atoms with E-state index >= 15 is 0 Å². The molecule has 2 aromatic carbocycles. The molecule has 0 bridgehead atoms. The molecule has 0 radical (unpaired) electrons. The molecule has 0 aliphatic heterocycles. The summed E-state index contributed by atoms with van der Waals surface area (Å²) in [6.45, 7) is 1.08. The Morgan fingerprint density at radius 3 is 2.55 bits per heavy atom. The van der Waals surface area contributed by atoms with Gasteiger partial charge in [-0.1, -0.05) is 11.2 Å². The number of aliphatic hydroxyl groups excluding tert-OH is 2. The number of ether oxygens (including phenoxy) is 1. The first kappa shape index (κ1) is 19.1. The first-order valence-corrected chi connectivity index (χ1v) is 9.01. The van der Waals surface area contributed by atoms with Gasteiger partial charge in [0.2, 0.25) is 5.82 Å². The highest BCUT2D eigenvalue weighted by Crippen LogP contribution is 2.31. The topological polar surface area (TPSA) is 128 Å². The Morgan fingerprint density at radius 2 is 1.83 bits per heavy atom. The summed E-state index contributed by atoms with van der Waals surface area (Å²) in [5.74, 6) is 1.85. The molecular formula is C21H21N3O5. The van der Waals surface area contributed by atoms with Gasteiger partial charge in [0, 0.05) is 16.5 Å². The van der Waals surface area contributed by atoms with E-state index in [2.05, 4.69) is 10.1 Å². The van der Waals surface area contributed by atoms with Gasteiger partial charge < -0.3 is 29.6 Å². The lowest BCUT2D eigenvalue weighted by atomic mass is 10.00. The molecule has 0 fully saturated rings. The van der Waals surface area contributed by atoms with Crippen molar-refractivity contribution in [3.05, 3.63) is 53.8 Å². The van der Waals surface area contributed by atoms with Crippen molar-refractivity contribution in [3.63, 3.8) is 0 Å². The molecule has 150 valence electrons. The van der Waals surface area contributed by atoms with Gasteiger partial charge in [-0.3, -0.25) is 0 Å². The zero-order valence-electron chi connectivity index (χ0n) is 16.0. The first-order valence-electron chi connectivity index (χ1n) is 9.01. The standard InChI is InChI=1S/C21H21N3O5/c1-12-3-4-14(8-17(12)27-2)20-23-19(24-29-20)13-5-6-16-15(7-13)9-18(28-16)21(22,10-25)11-26/h3-9,25-26H,10-11,22H2,1-2H3. The number of rotatable bonds is 6. The Morgan fingerprint density at radius 1 is 1.07 bits per heavy atom. The second kappa shape index (κ2) is 7.32. The van der Waals surface area contributed by atoms with Crippen LogP contribution in [-0.2, 0) is 5.54 Å². The van der Waals surface area contributed by atoms with Gasteiger partial charge in [0.05, 0.1) is 20.3 Å². The highest BCUT2D eigenvalue weighted by atomic mass is 16.5. The van der Waals surface area contributed by atoms with E-state index in [0.29, 0.717) is 23.1 Å². The molecule has 0 saturated carbocycles. The smallest absolute Gasteiger partial charge is 0.258 e. The molecule has 0 atom stereocenters. The second-order valence-electron chi connectivity index (χ2n) is 6.94. The van der Waals surface area contributed by atoms with Gasteiger partial charge >= 0.3 is 0 Å². The molecule has 8 heteroatoms. The minimum Gasteiger partial charge on any atom is -0.496 e. The number of methoxy groups -OCH3 is 1. The van der Waals surface area contributed by atoms with Crippen LogP contribution in [0.3, 0.4) is 0 Å². The van der Waals surface area contributed by atoms with Crippen molar-refractivity contribution in [2.45, 2.75) is 12.5 Å². The van der Waals surface area contributed by atoms with E-state index < -0.39 is 18.8 Å². The number of aryl methyl sites for hydroxylation is 1. The summed E-state index contributed by atoms with van der Waals surface area (Å²) in [6, 6.07) is 12.8. The summed E-state index contributed by atoms with van der Waals surface area (Å²) in [7, 11) is 1.61. The lowest BCUT2D eigenvalue weighted by Crippen LogP contribution is -2.43. The van der Waals surface area contributed by atoms with Crippen LogP contribution in [-0.4, -0.2) is 40.7 Å². The Labute approximate surface area is 166 Å². The summed E-state index contributed by atoms with van der Waals surface area (Å²) in [5, 5.41) is 23.8. The summed E-state index contributed by atoms with van der Waals surface area (Å²) in [6.07, 6.45) is 0. The predicted molar refractivity (Wildman–Crippen MR) is 106 cm³/mol. The number of benzene rings is 2. The van der Waals surface area contributed by atoms with Gasteiger partial charge in [-0.2, -0.15) is 4.98 Å². The molecule has 0 aliphatic carbocycles. The van der Waals surface area contributed by atoms with Gasteiger partial charge in [-0.15, -0.1) is 0 Å².